The van der Waals surface area contributed by atoms with Gasteiger partial charge in [0.1, 0.15) is 11.5 Å². The Labute approximate surface area is 97.9 Å². The second-order valence-corrected chi connectivity index (χ2v) is 4.71. The third-order valence-electron chi connectivity index (χ3n) is 3.39. The summed E-state index contributed by atoms with van der Waals surface area (Å²) in [5, 5.41) is 18.9. The van der Waals surface area contributed by atoms with Gasteiger partial charge in [0.2, 0.25) is 5.92 Å². The van der Waals surface area contributed by atoms with Gasteiger partial charge in [0, 0.05) is 30.0 Å². The van der Waals surface area contributed by atoms with Gasteiger partial charge >= 0.3 is 0 Å². The third-order valence-corrected chi connectivity index (χ3v) is 3.39. The van der Waals surface area contributed by atoms with Crippen LogP contribution in [0, 0.1) is 0 Å². The number of halogens is 2. The number of hydrogen-bond acceptors (Lipinski definition) is 3. The lowest BCUT2D eigenvalue weighted by molar-refractivity contribution is -0.0516. The van der Waals surface area contributed by atoms with Crippen molar-refractivity contribution in [2.45, 2.75) is 37.1 Å². The molecule has 0 spiro atoms. The van der Waals surface area contributed by atoms with E-state index in [-0.39, 0.29) is 37.2 Å². The van der Waals surface area contributed by atoms with Gasteiger partial charge in [-0.25, -0.2) is 8.78 Å². The SMILES string of the molecule is NC1(c2ccc(O)cc2O)CCC(F)(F)CC1. The van der Waals surface area contributed by atoms with Crippen LogP contribution >= 0.6 is 0 Å². The molecule has 0 saturated heterocycles. The molecule has 1 aliphatic carbocycles. The van der Waals surface area contributed by atoms with E-state index in [0.29, 0.717) is 5.56 Å². The van der Waals surface area contributed by atoms with E-state index in [2.05, 4.69) is 0 Å². The van der Waals surface area contributed by atoms with Gasteiger partial charge in [-0.3, -0.25) is 0 Å². The predicted octanol–water partition coefficient (Wildman–Crippen LogP) is 2.46. The Balaban J connectivity index is 2.27. The van der Waals surface area contributed by atoms with E-state index in [1.807, 2.05) is 0 Å². The summed E-state index contributed by atoms with van der Waals surface area (Å²) in [6.07, 6.45) is -0.301. The Kier molecular flexibility index (Phi) is 2.73. The minimum Gasteiger partial charge on any atom is -0.508 e. The molecule has 1 saturated carbocycles. The highest BCUT2D eigenvalue weighted by atomic mass is 19.3. The van der Waals surface area contributed by atoms with Crippen molar-refractivity contribution in [2.24, 2.45) is 5.73 Å². The van der Waals surface area contributed by atoms with Gasteiger partial charge < -0.3 is 15.9 Å². The van der Waals surface area contributed by atoms with Gasteiger partial charge in [-0.2, -0.15) is 0 Å². The minimum atomic E-state index is -2.66. The van der Waals surface area contributed by atoms with Crippen LogP contribution in [0.3, 0.4) is 0 Å². The van der Waals surface area contributed by atoms with Crippen molar-refractivity contribution in [1.82, 2.24) is 0 Å². The molecule has 0 aliphatic heterocycles. The zero-order valence-corrected chi connectivity index (χ0v) is 9.29. The Morgan fingerprint density at radius 2 is 1.65 bits per heavy atom. The highest BCUT2D eigenvalue weighted by Crippen LogP contribution is 2.44. The number of hydrogen-bond donors (Lipinski definition) is 3. The number of aromatic hydroxyl groups is 2. The van der Waals surface area contributed by atoms with Crippen LogP contribution < -0.4 is 5.73 Å². The first-order valence-corrected chi connectivity index (χ1v) is 5.52. The predicted molar refractivity (Wildman–Crippen MR) is 59.1 cm³/mol. The number of benzene rings is 1. The summed E-state index contributed by atoms with van der Waals surface area (Å²) >= 11 is 0. The summed E-state index contributed by atoms with van der Waals surface area (Å²) in [7, 11) is 0. The molecule has 0 amide bonds. The smallest absolute Gasteiger partial charge is 0.248 e. The van der Waals surface area contributed by atoms with Crippen molar-refractivity contribution in [3.8, 4) is 11.5 Å². The molecule has 0 unspecified atom stereocenters. The molecule has 17 heavy (non-hydrogen) atoms. The Bertz CT molecular complexity index is 425. The first kappa shape index (κ1) is 12.1. The van der Waals surface area contributed by atoms with E-state index in [1.165, 1.54) is 18.2 Å². The second-order valence-electron chi connectivity index (χ2n) is 4.71. The molecule has 1 fully saturated rings. The van der Waals surface area contributed by atoms with E-state index >= 15 is 0 Å². The van der Waals surface area contributed by atoms with E-state index in [1.54, 1.807) is 0 Å². The largest absolute Gasteiger partial charge is 0.508 e. The van der Waals surface area contributed by atoms with Gasteiger partial charge in [-0.1, -0.05) is 0 Å². The van der Waals surface area contributed by atoms with Crippen molar-refractivity contribution in [1.29, 1.82) is 0 Å². The average molecular weight is 243 g/mol. The Morgan fingerprint density at radius 3 is 2.18 bits per heavy atom. The lowest BCUT2D eigenvalue weighted by atomic mass is 9.75. The fourth-order valence-corrected chi connectivity index (χ4v) is 2.27. The van der Waals surface area contributed by atoms with Crippen molar-refractivity contribution in [2.75, 3.05) is 0 Å². The van der Waals surface area contributed by atoms with Crippen LogP contribution in [0.25, 0.3) is 0 Å². The molecule has 0 heterocycles. The quantitative estimate of drug-likeness (QED) is 0.709. The Morgan fingerprint density at radius 1 is 1.06 bits per heavy atom. The molecule has 2 rings (SSSR count). The molecule has 94 valence electrons. The van der Waals surface area contributed by atoms with Gasteiger partial charge in [-0.15, -0.1) is 0 Å². The molecule has 1 aromatic rings. The van der Waals surface area contributed by atoms with E-state index in [4.69, 9.17) is 5.73 Å². The Hall–Kier alpha value is -1.36. The molecule has 0 aromatic heterocycles. The number of nitrogens with two attached hydrogens (primary N) is 1. The maximum atomic E-state index is 13.1. The molecule has 0 atom stereocenters. The number of rotatable bonds is 1. The van der Waals surface area contributed by atoms with Crippen LogP contribution in [0.15, 0.2) is 18.2 Å². The first-order valence-electron chi connectivity index (χ1n) is 5.52. The molecule has 1 aliphatic rings. The molecule has 1 aromatic carbocycles. The fourth-order valence-electron chi connectivity index (χ4n) is 2.27. The molecule has 3 nitrogen and oxygen atoms in total. The molecule has 0 bridgehead atoms. The number of alkyl halides is 2. The standard InChI is InChI=1S/C12H15F2NO2/c13-12(14)5-3-11(15,4-6-12)9-2-1-8(16)7-10(9)17/h1-2,7,16-17H,3-6,15H2. The minimum absolute atomic E-state index is 0.0732. The summed E-state index contributed by atoms with van der Waals surface area (Å²) in [6, 6.07) is 4.07. The van der Waals surface area contributed by atoms with Gasteiger partial charge in [-0.05, 0) is 25.0 Å². The number of phenols is 2. The van der Waals surface area contributed by atoms with E-state index in [9.17, 15) is 19.0 Å². The summed E-state index contributed by atoms with van der Waals surface area (Å²) < 4.78 is 26.1. The fraction of sp³-hybridized carbons (Fsp3) is 0.500. The maximum absolute atomic E-state index is 13.1. The van der Waals surface area contributed by atoms with E-state index in [0.717, 1.165) is 0 Å². The second kappa shape index (κ2) is 3.84. The topological polar surface area (TPSA) is 66.5 Å². The maximum Gasteiger partial charge on any atom is 0.248 e. The van der Waals surface area contributed by atoms with E-state index < -0.39 is 11.5 Å². The van der Waals surface area contributed by atoms with Crippen molar-refractivity contribution in [3.05, 3.63) is 23.8 Å². The third kappa shape index (κ3) is 2.34. The molecule has 5 heteroatoms. The molecule has 0 radical (unpaired) electrons. The lowest BCUT2D eigenvalue weighted by Crippen LogP contribution is -2.43. The van der Waals surface area contributed by atoms with Crippen LogP contribution in [0.1, 0.15) is 31.2 Å². The molecular weight excluding hydrogens is 228 g/mol. The van der Waals surface area contributed by atoms with Crippen molar-refractivity contribution >= 4 is 0 Å². The lowest BCUT2D eigenvalue weighted by Gasteiger charge is -2.37. The van der Waals surface area contributed by atoms with Crippen LogP contribution in [0.5, 0.6) is 11.5 Å². The highest BCUT2D eigenvalue weighted by molar-refractivity contribution is 5.43. The first-order chi connectivity index (χ1) is 7.82. The summed E-state index contributed by atoms with van der Waals surface area (Å²) in [5.74, 6) is -2.87. The van der Waals surface area contributed by atoms with Crippen molar-refractivity contribution in [3.63, 3.8) is 0 Å². The molecule has 4 N–H and O–H groups in total. The monoisotopic (exact) mass is 243 g/mol. The van der Waals surface area contributed by atoms with Crippen LogP contribution in [-0.4, -0.2) is 16.1 Å². The average Bonchev–Trinajstić information content (AvgIpc) is 2.23. The zero-order chi connectivity index (χ0) is 12.7. The molecular formula is C12H15F2NO2. The number of phenolic OH excluding ortho intramolecular Hbond substituents is 2. The highest BCUT2D eigenvalue weighted by Gasteiger charge is 2.43. The summed E-state index contributed by atoms with van der Waals surface area (Å²) in [6.45, 7) is 0. The summed E-state index contributed by atoms with van der Waals surface area (Å²) in [5.41, 5.74) is 5.57. The van der Waals surface area contributed by atoms with Gasteiger partial charge in [0.25, 0.3) is 0 Å². The zero-order valence-electron chi connectivity index (χ0n) is 9.29. The van der Waals surface area contributed by atoms with Crippen LogP contribution in [0.4, 0.5) is 8.78 Å². The van der Waals surface area contributed by atoms with Gasteiger partial charge in [0.05, 0.1) is 0 Å². The van der Waals surface area contributed by atoms with Crippen LogP contribution in [-0.2, 0) is 5.54 Å². The summed E-state index contributed by atoms with van der Waals surface area (Å²) in [4.78, 5) is 0. The van der Waals surface area contributed by atoms with Gasteiger partial charge in [0.15, 0.2) is 0 Å². The van der Waals surface area contributed by atoms with Crippen molar-refractivity contribution < 1.29 is 19.0 Å². The van der Waals surface area contributed by atoms with Crippen LogP contribution in [0.2, 0.25) is 0 Å². The normalized spacial score (nSPS) is 22.3.